The zero-order chi connectivity index (χ0) is 20.3. The second-order valence-corrected chi connectivity index (χ2v) is 7.70. The zero-order valence-electron chi connectivity index (χ0n) is 16.7. The average Bonchev–Trinajstić information content (AvgIpc) is 3.07. The number of amides is 2. The summed E-state index contributed by atoms with van der Waals surface area (Å²) < 4.78 is 0. The molecule has 1 fully saturated rings. The number of anilines is 1. The van der Waals surface area contributed by atoms with Gasteiger partial charge in [0, 0.05) is 32.2 Å². The first-order valence-corrected chi connectivity index (χ1v) is 9.73. The van der Waals surface area contributed by atoms with Crippen LogP contribution in [0, 0.1) is 5.92 Å². The lowest BCUT2D eigenvalue weighted by Gasteiger charge is -2.28. The van der Waals surface area contributed by atoms with Gasteiger partial charge in [-0.05, 0) is 36.1 Å². The van der Waals surface area contributed by atoms with Crippen molar-refractivity contribution in [2.45, 2.75) is 38.3 Å². The minimum Gasteiger partial charge on any atom is -0.388 e. The Bertz CT molecular complexity index is 818. The number of imide groups is 1. The molecule has 5 heteroatoms. The van der Waals surface area contributed by atoms with Gasteiger partial charge in [-0.1, -0.05) is 49.4 Å². The molecule has 2 aromatic rings. The molecule has 0 aromatic heterocycles. The molecule has 2 aromatic carbocycles. The van der Waals surface area contributed by atoms with Crippen LogP contribution in [-0.4, -0.2) is 42.0 Å². The van der Waals surface area contributed by atoms with E-state index < -0.39 is 12.0 Å². The monoisotopic (exact) mass is 380 g/mol. The van der Waals surface area contributed by atoms with E-state index in [1.807, 2.05) is 73.6 Å². The molecule has 5 nitrogen and oxygen atoms in total. The topological polar surface area (TPSA) is 60.9 Å². The smallest absolute Gasteiger partial charge is 0.235 e. The summed E-state index contributed by atoms with van der Waals surface area (Å²) in [5, 5.41) is 10.7. The number of nitrogens with zero attached hydrogens (tertiary/aromatic N) is 2. The summed E-state index contributed by atoms with van der Waals surface area (Å²) in [6.45, 7) is 1.69. The Hall–Kier alpha value is -2.66. The predicted octanol–water partition coefficient (Wildman–Crippen LogP) is 3.18. The number of hydrogen-bond donors (Lipinski definition) is 1. The molecule has 1 heterocycles. The van der Waals surface area contributed by atoms with E-state index in [1.54, 1.807) is 6.92 Å². The highest BCUT2D eigenvalue weighted by molar-refractivity contribution is 5.98. The highest BCUT2D eigenvalue weighted by atomic mass is 16.3. The molecule has 148 valence electrons. The van der Waals surface area contributed by atoms with Crippen LogP contribution in [0.2, 0.25) is 0 Å². The van der Waals surface area contributed by atoms with Crippen molar-refractivity contribution in [2.24, 2.45) is 5.92 Å². The van der Waals surface area contributed by atoms with Gasteiger partial charge in [0.2, 0.25) is 11.8 Å². The van der Waals surface area contributed by atoms with Gasteiger partial charge in [0.05, 0.1) is 12.0 Å². The van der Waals surface area contributed by atoms with Crippen LogP contribution in [0.15, 0.2) is 54.6 Å². The summed E-state index contributed by atoms with van der Waals surface area (Å²) in [6.07, 6.45) is 0.747. The van der Waals surface area contributed by atoms with Gasteiger partial charge in [0.15, 0.2) is 0 Å². The Morgan fingerprint density at radius 2 is 1.79 bits per heavy atom. The normalized spacial score (nSPS) is 18.8. The third kappa shape index (κ3) is 4.25. The number of hydrogen-bond acceptors (Lipinski definition) is 4. The third-order valence-corrected chi connectivity index (χ3v) is 5.49. The van der Waals surface area contributed by atoms with Crippen molar-refractivity contribution in [1.29, 1.82) is 0 Å². The van der Waals surface area contributed by atoms with Crippen molar-refractivity contribution < 1.29 is 14.7 Å². The number of likely N-dealkylation sites (tertiary alicyclic amines) is 1. The number of aliphatic hydroxyl groups is 1. The quantitative estimate of drug-likeness (QED) is 0.836. The van der Waals surface area contributed by atoms with Crippen molar-refractivity contribution in [3.05, 3.63) is 65.7 Å². The first-order chi connectivity index (χ1) is 13.4. The summed E-state index contributed by atoms with van der Waals surface area (Å²) in [5.74, 6) is -1.13. The molecule has 0 spiro atoms. The minimum absolute atomic E-state index is 0.145. The maximum atomic E-state index is 13.1. The molecule has 1 aliphatic heterocycles. The van der Waals surface area contributed by atoms with Gasteiger partial charge in [0.25, 0.3) is 0 Å². The summed E-state index contributed by atoms with van der Waals surface area (Å²) >= 11 is 0. The molecule has 0 unspecified atom stereocenters. The van der Waals surface area contributed by atoms with E-state index in [0.717, 1.165) is 11.3 Å². The molecule has 2 amide bonds. The van der Waals surface area contributed by atoms with E-state index in [4.69, 9.17) is 0 Å². The van der Waals surface area contributed by atoms with E-state index in [-0.39, 0.29) is 17.9 Å². The molecule has 0 saturated carbocycles. The van der Waals surface area contributed by atoms with Crippen molar-refractivity contribution in [3.8, 4) is 0 Å². The number of carbonyl (C=O) groups excluding carboxylic acids is 2. The zero-order valence-corrected chi connectivity index (χ0v) is 16.7. The predicted molar refractivity (Wildman–Crippen MR) is 110 cm³/mol. The molecule has 1 saturated heterocycles. The van der Waals surface area contributed by atoms with Crippen LogP contribution in [-0.2, 0) is 16.0 Å². The maximum absolute atomic E-state index is 13.1. The highest BCUT2D eigenvalue weighted by Gasteiger charge is 2.39. The van der Waals surface area contributed by atoms with Crippen molar-refractivity contribution >= 4 is 17.5 Å². The lowest BCUT2D eigenvalue weighted by molar-refractivity contribution is -0.148. The summed E-state index contributed by atoms with van der Waals surface area (Å²) in [7, 11) is 3.90. The second kappa shape index (κ2) is 8.57. The van der Waals surface area contributed by atoms with Crippen LogP contribution in [0.1, 0.15) is 37.0 Å². The van der Waals surface area contributed by atoms with Gasteiger partial charge in [-0.15, -0.1) is 0 Å². The van der Waals surface area contributed by atoms with E-state index >= 15 is 0 Å². The van der Waals surface area contributed by atoms with E-state index in [2.05, 4.69) is 0 Å². The average molecular weight is 380 g/mol. The van der Waals surface area contributed by atoms with Crippen LogP contribution in [0.25, 0.3) is 0 Å². The fourth-order valence-corrected chi connectivity index (χ4v) is 3.74. The van der Waals surface area contributed by atoms with Crippen LogP contribution >= 0.6 is 0 Å². The second-order valence-electron chi connectivity index (χ2n) is 7.70. The Kier molecular flexibility index (Phi) is 6.15. The van der Waals surface area contributed by atoms with Gasteiger partial charge in [-0.3, -0.25) is 14.5 Å². The summed E-state index contributed by atoms with van der Waals surface area (Å²) in [4.78, 5) is 28.9. The van der Waals surface area contributed by atoms with Crippen molar-refractivity contribution in [2.75, 3.05) is 19.0 Å². The van der Waals surface area contributed by atoms with Gasteiger partial charge >= 0.3 is 0 Å². The summed E-state index contributed by atoms with van der Waals surface area (Å²) in [6, 6.07) is 17.2. The molecule has 0 bridgehead atoms. The molecule has 1 N–H and O–H groups in total. The first-order valence-electron chi connectivity index (χ1n) is 9.73. The molecular weight excluding hydrogens is 352 g/mol. The number of benzene rings is 2. The molecule has 0 aliphatic carbocycles. The van der Waals surface area contributed by atoms with Gasteiger partial charge in [0.1, 0.15) is 0 Å². The molecule has 3 rings (SSSR count). The molecular formula is C23H28N2O3. The fourth-order valence-electron chi connectivity index (χ4n) is 3.74. The standard InChI is InChI=1S/C23H28N2O3/c1-16(22(27)18-9-11-19(12-10-18)24(2)3)23(28)25-20(13-14-21(25)26)15-17-7-5-4-6-8-17/h4-12,16,20,22,27H,13-15H2,1-3H3/t16-,20+,22-/m0/s1. The third-order valence-electron chi connectivity index (χ3n) is 5.49. The van der Waals surface area contributed by atoms with E-state index in [1.165, 1.54) is 4.90 Å². The summed E-state index contributed by atoms with van der Waals surface area (Å²) in [5.41, 5.74) is 2.80. The lowest BCUT2D eigenvalue weighted by Crippen LogP contribution is -2.44. The Labute approximate surface area is 166 Å². The molecule has 1 aliphatic rings. The van der Waals surface area contributed by atoms with Gasteiger partial charge in [-0.2, -0.15) is 0 Å². The molecule has 28 heavy (non-hydrogen) atoms. The molecule has 0 radical (unpaired) electrons. The van der Waals surface area contributed by atoms with Gasteiger partial charge in [-0.25, -0.2) is 0 Å². The number of aliphatic hydroxyl groups excluding tert-OH is 1. The van der Waals surface area contributed by atoms with E-state index in [0.29, 0.717) is 24.8 Å². The lowest BCUT2D eigenvalue weighted by atomic mass is 9.95. The number of rotatable bonds is 6. The molecule has 3 atom stereocenters. The highest BCUT2D eigenvalue weighted by Crippen LogP contribution is 2.30. The van der Waals surface area contributed by atoms with Gasteiger partial charge < -0.3 is 10.0 Å². The Balaban J connectivity index is 1.73. The number of carbonyl (C=O) groups is 2. The largest absolute Gasteiger partial charge is 0.388 e. The van der Waals surface area contributed by atoms with Crippen LogP contribution in [0.4, 0.5) is 5.69 Å². The van der Waals surface area contributed by atoms with Crippen LogP contribution < -0.4 is 4.90 Å². The van der Waals surface area contributed by atoms with Crippen LogP contribution in [0.5, 0.6) is 0 Å². The Morgan fingerprint density at radius 3 is 2.39 bits per heavy atom. The van der Waals surface area contributed by atoms with Crippen molar-refractivity contribution in [3.63, 3.8) is 0 Å². The maximum Gasteiger partial charge on any atom is 0.235 e. The first kappa shape index (κ1) is 20.1. The SMILES string of the molecule is C[C@H](C(=O)N1C(=O)CC[C@@H]1Cc1ccccc1)[C@H](O)c1ccc(N(C)C)cc1. The van der Waals surface area contributed by atoms with Crippen molar-refractivity contribution in [1.82, 2.24) is 4.90 Å². The minimum atomic E-state index is -0.950. The fraction of sp³-hybridized carbons (Fsp3) is 0.391. The van der Waals surface area contributed by atoms with E-state index in [9.17, 15) is 14.7 Å². The Morgan fingerprint density at radius 1 is 1.14 bits per heavy atom. The van der Waals surface area contributed by atoms with Crippen LogP contribution in [0.3, 0.4) is 0 Å².